The lowest BCUT2D eigenvalue weighted by Crippen LogP contribution is -1.80. The normalized spacial score (nSPS) is 10.3. The maximum absolute atomic E-state index is 12.8. The molecule has 0 amide bonds. The predicted octanol–water partition coefficient (Wildman–Crippen LogP) is 3.00. The Hall–Kier alpha value is -1.00. The van der Waals surface area contributed by atoms with Gasteiger partial charge in [-0.25, -0.2) is 4.39 Å². The first-order valence-electron chi connectivity index (χ1n) is 3.49. The Kier molecular flexibility index (Phi) is 2.24. The molecule has 0 unspecified atom stereocenters. The maximum atomic E-state index is 12.8. The zero-order valence-corrected chi connectivity index (χ0v) is 7.94. The van der Waals surface area contributed by atoms with Crippen LogP contribution in [0.15, 0.2) is 23.7 Å². The third-order valence-electron chi connectivity index (χ3n) is 1.53. The molecule has 1 aromatic heterocycles. The molecule has 66 valence electrons. The molecule has 0 radical (unpaired) electrons. The number of hydrogen-bond acceptors (Lipinski definition) is 3. The van der Waals surface area contributed by atoms with Gasteiger partial charge >= 0.3 is 0 Å². The second-order valence-electron chi connectivity index (χ2n) is 2.37. The van der Waals surface area contributed by atoms with Gasteiger partial charge in [0.2, 0.25) is 0 Å². The van der Waals surface area contributed by atoms with Gasteiger partial charge < -0.3 is 0 Å². The van der Waals surface area contributed by atoms with E-state index in [1.165, 1.54) is 23.5 Å². The molecule has 0 N–H and O–H groups in total. The van der Waals surface area contributed by atoms with E-state index in [0.29, 0.717) is 0 Å². The summed E-state index contributed by atoms with van der Waals surface area (Å²) < 4.78 is 12.8. The van der Waals surface area contributed by atoms with E-state index in [0.717, 1.165) is 10.6 Å². The molecule has 2 rings (SSSR count). The second kappa shape index (κ2) is 3.40. The third kappa shape index (κ3) is 1.68. The first kappa shape index (κ1) is 8.59. The number of hydrogen-bond donors (Lipinski definition) is 0. The van der Waals surface area contributed by atoms with Crippen LogP contribution >= 0.6 is 22.9 Å². The Balaban J connectivity index is 2.49. The van der Waals surface area contributed by atoms with Crippen molar-refractivity contribution in [2.75, 3.05) is 0 Å². The highest BCUT2D eigenvalue weighted by molar-refractivity contribution is 7.12. The van der Waals surface area contributed by atoms with Gasteiger partial charge in [-0.2, -0.15) is 0 Å². The van der Waals surface area contributed by atoms with Crippen molar-refractivity contribution in [3.8, 4) is 10.6 Å². The van der Waals surface area contributed by atoms with Gasteiger partial charge in [-0.15, -0.1) is 10.2 Å². The first-order chi connectivity index (χ1) is 6.27. The summed E-state index contributed by atoms with van der Waals surface area (Å²) in [5.74, 6) is -0.421. The number of nitrogens with zero attached hydrogens (tertiary/aromatic N) is 2. The van der Waals surface area contributed by atoms with E-state index in [4.69, 9.17) is 11.6 Å². The van der Waals surface area contributed by atoms with Gasteiger partial charge in [0.1, 0.15) is 16.3 Å². The molecule has 1 heterocycles. The van der Waals surface area contributed by atoms with Crippen molar-refractivity contribution in [2.45, 2.75) is 0 Å². The Morgan fingerprint density at radius 3 is 2.85 bits per heavy atom. The summed E-state index contributed by atoms with van der Waals surface area (Å²) in [6, 6.07) is 4.48. The molecule has 0 fully saturated rings. The topological polar surface area (TPSA) is 25.8 Å². The minimum Gasteiger partial charge on any atom is -0.205 e. The Morgan fingerprint density at radius 1 is 1.38 bits per heavy atom. The standard InChI is InChI=1S/C8H4ClFN2S/c9-6-3-5(1-2-7(6)10)8-12-11-4-13-8/h1-4H. The van der Waals surface area contributed by atoms with Gasteiger partial charge in [0.05, 0.1) is 5.02 Å². The van der Waals surface area contributed by atoms with Crippen molar-refractivity contribution in [2.24, 2.45) is 0 Å². The van der Waals surface area contributed by atoms with Crippen LogP contribution in [0, 0.1) is 5.82 Å². The van der Waals surface area contributed by atoms with Gasteiger partial charge in [0.25, 0.3) is 0 Å². The van der Waals surface area contributed by atoms with Crippen LogP contribution in [0.2, 0.25) is 5.02 Å². The largest absolute Gasteiger partial charge is 0.205 e. The molecule has 13 heavy (non-hydrogen) atoms. The Labute approximate surface area is 83.0 Å². The highest BCUT2D eigenvalue weighted by Gasteiger charge is 2.04. The molecule has 2 nitrogen and oxygen atoms in total. The predicted molar refractivity (Wildman–Crippen MR) is 50.3 cm³/mol. The third-order valence-corrected chi connectivity index (χ3v) is 2.56. The Morgan fingerprint density at radius 2 is 2.23 bits per heavy atom. The van der Waals surface area contributed by atoms with Crippen molar-refractivity contribution >= 4 is 22.9 Å². The fraction of sp³-hybridized carbons (Fsp3) is 0. The number of aromatic nitrogens is 2. The summed E-state index contributed by atoms with van der Waals surface area (Å²) in [5, 5.41) is 8.37. The fourth-order valence-electron chi connectivity index (χ4n) is 0.928. The molecule has 5 heteroatoms. The van der Waals surface area contributed by atoms with E-state index < -0.39 is 5.82 Å². The smallest absolute Gasteiger partial charge is 0.147 e. The molecular weight excluding hydrogens is 211 g/mol. The van der Waals surface area contributed by atoms with Crippen molar-refractivity contribution in [1.29, 1.82) is 0 Å². The van der Waals surface area contributed by atoms with E-state index in [2.05, 4.69) is 10.2 Å². The Bertz CT molecular complexity index is 416. The molecule has 0 spiro atoms. The number of rotatable bonds is 1. The lowest BCUT2D eigenvalue weighted by Gasteiger charge is -1.96. The molecule has 0 aliphatic rings. The average Bonchev–Trinajstić information content (AvgIpc) is 2.62. The van der Waals surface area contributed by atoms with Gasteiger partial charge in [0, 0.05) is 5.56 Å². The quantitative estimate of drug-likeness (QED) is 0.729. The number of halogens is 2. The zero-order chi connectivity index (χ0) is 9.26. The molecule has 0 aliphatic heterocycles. The highest BCUT2D eigenvalue weighted by Crippen LogP contribution is 2.25. The van der Waals surface area contributed by atoms with Gasteiger partial charge in [0.15, 0.2) is 0 Å². The minimum atomic E-state index is -0.421. The van der Waals surface area contributed by atoms with Crippen LogP contribution in [0.5, 0.6) is 0 Å². The van der Waals surface area contributed by atoms with Crippen LogP contribution in [0.3, 0.4) is 0 Å². The van der Waals surface area contributed by atoms with Crippen LogP contribution in [0.25, 0.3) is 10.6 Å². The monoisotopic (exact) mass is 214 g/mol. The summed E-state index contributed by atoms with van der Waals surface area (Å²) in [5.41, 5.74) is 2.40. The van der Waals surface area contributed by atoms with E-state index in [-0.39, 0.29) is 5.02 Å². The molecule has 0 saturated heterocycles. The molecule has 0 bridgehead atoms. The summed E-state index contributed by atoms with van der Waals surface area (Å²) in [6.45, 7) is 0. The molecular formula is C8H4ClFN2S. The van der Waals surface area contributed by atoms with Crippen LogP contribution in [-0.4, -0.2) is 10.2 Å². The maximum Gasteiger partial charge on any atom is 0.147 e. The van der Waals surface area contributed by atoms with Crippen molar-refractivity contribution in [3.05, 3.63) is 34.5 Å². The van der Waals surface area contributed by atoms with E-state index in [1.54, 1.807) is 11.6 Å². The summed E-state index contributed by atoms with van der Waals surface area (Å²) in [7, 11) is 0. The van der Waals surface area contributed by atoms with Gasteiger partial charge in [-0.05, 0) is 18.2 Å². The molecule has 1 aromatic carbocycles. The molecule has 0 atom stereocenters. The lowest BCUT2D eigenvalue weighted by atomic mass is 10.2. The van der Waals surface area contributed by atoms with Gasteiger partial charge in [-0.3, -0.25) is 0 Å². The van der Waals surface area contributed by atoms with Crippen molar-refractivity contribution < 1.29 is 4.39 Å². The van der Waals surface area contributed by atoms with E-state index in [9.17, 15) is 4.39 Å². The van der Waals surface area contributed by atoms with Crippen molar-refractivity contribution in [3.63, 3.8) is 0 Å². The molecule has 0 aliphatic carbocycles. The van der Waals surface area contributed by atoms with Crippen LogP contribution in [-0.2, 0) is 0 Å². The summed E-state index contributed by atoms with van der Waals surface area (Å²) in [6.07, 6.45) is 0. The van der Waals surface area contributed by atoms with Crippen LogP contribution in [0.1, 0.15) is 0 Å². The molecule has 2 aromatic rings. The fourth-order valence-corrected chi connectivity index (χ4v) is 1.66. The van der Waals surface area contributed by atoms with E-state index >= 15 is 0 Å². The summed E-state index contributed by atoms with van der Waals surface area (Å²) in [4.78, 5) is 0. The average molecular weight is 215 g/mol. The minimum absolute atomic E-state index is 0.104. The number of benzene rings is 1. The van der Waals surface area contributed by atoms with Crippen molar-refractivity contribution in [1.82, 2.24) is 10.2 Å². The highest BCUT2D eigenvalue weighted by atomic mass is 35.5. The van der Waals surface area contributed by atoms with Crippen LogP contribution in [0.4, 0.5) is 4.39 Å². The lowest BCUT2D eigenvalue weighted by molar-refractivity contribution is 0.628. The van der Waals surface area contributed by atoms with Gasteiger partial charge in [-0.1, -0.05) is 22.9 Å². The summed E-state index contributed by atoms with van der Waals surface area (Å²) >= 11 is 7.00. The molecule has 0 saturated carbocycles. The van der Waals surface area contributed by atoms with E-state index in [1.807, 2.05) is 0 Å². The zero-order valence-electron chi connectivity index (χ0n) is 6.37. The van der Waals surface area contributed by atoms with Crippen LogP contribution < -0.4 is 0 Å². The second-order valence-corrected chi connectivity index (χ2v) is 3.61. The SMILES string of the molecule is Fc1ccc(-c2nncs2)cc1Cl. The first-order valence-corrected chi connectivity index (χ1v) is 4.75.